The van der Waals surface area contributed by atoms with E-state index in [0.717, 1.165) is 25.3 Å². The lowest BCUT2D eigenvalue weighted by Gasteiger charge is -2.15. The fraction of sp³-hybridized carbons (Fsp3) is 0.600. The highest BCUT2D eigenvalue weighted by Gasteiger charge is 2.04. The van der Waals surface area contributed by atoms with Crippen molar-refractivity contribution in [2.45, 2.75) is 46.6 Å². The molecule has 1 atom stereocenters. The van der Waals surface area contributed by atoms with Crippen LogP contribution in [0, 0.1) is 13.8 Å². The van der Waals surface area contributed by atoms with Crippen molar-refractivity contribution in [1.29, 1.82) is 0 Å². The minimum atomic E-state index is 0.265. The number of benzene rings is 1. The first-order valence-electron chi connectivity index (χ1n) is 6.58. The second kappa shape index (κ2) is 7.33. The fourth-order valence-corrected chi connectivity index (χ4v) is 1.69. The molecule has 1 rings (SSSR count). The van der Waals surface area contributed by atoms with Gasteiger partial charge in [-0.25, -0.2) is 0 Å². The van der Waals surface area contributed by atoms with Crippen molar-refractivity contribution < 1.29 is 4.74 Å². The van der Waals surface area contributed by atoms with E-state index < -0.39 is 0 Å². The Labute approximate surface area is 105 Å². The van der Waals surface area contributed by atoms with Crippen LogP contribution < -0.4 is 10.1 Å². The Kier molecular flexibility index (Phi) is 6.06. The number of rotatable bonds is 7. The zero-order chi connectivity index (χ0) is 12.7. The van der Waals surface area contributed by atoms with E-state index in [1.165, 1.54) is 17.5 Å². The van der Waals surface area contributed by atoms with Gasteiger partial charge in [0.05, 0.1) is 6.10 Å². The molecular formula is C15H25NO. The third-order valence-electron chi connectivity index (χ3n) is 2.97. The number of ether oxygens (including phenoxy) is 1. The molecular weight excluding hydrogens is 210 g/mol. The second-order valence-electron chi connectivity index (χ2n) is 4.71. The van der Waals surface area contributed by atoms with Crippen LogP contribution in [0.2, 0.25) is 0 Å². The van der Waals surface area contributed by atoms with Crippen molar-refractivity contribution >= 4 is 0 Å². The van der Waals surface area contributed by atoms with Crippen molar-refractivity contribution in [2.24, 2.45) is 0 Å². The Bertz CT molecular complexity index is 336. The van der Waals surface area contributed by atoms with Crippen LogP contribution in [-0.2, 0) is 0 Å². The topological polar surface area (TPSA) is 21.3 Å². The van der Waals surface area contributed by atoms with E-state index in [1.807, 2.05) is 0 Å². The molecule has 2 heteroatoms. The number of hydrogen-bond donors (Lipinski definition) is 1. The SMILES string of the molecule is CCCNCCC(C)Oc1ccc(C)c(C)c1. The molecule has 1 aromatic carbocycles. The Hall–Kier alpha value is -1.02. The Morgan fingerprint density at radius 1 is 1.18 bits per heavy atom. The summed E-state index contributed by atoms with van der Waals surface area (Å²) in [6, 6.07) is 6.29. The lowest BCUT2D eigenvalue weighted by molar-refractivity contribution is 0.210. The molecule has 0 heterocycles. The highest BCUT2D eigenvalue weighted by molar-refractivity contribution is 5.33. The maximum Gasteiger partial charge on any atom is 0.119 e. The molecule has 0 bridgehead atoms. The first-order valence-corrected chi connectivity index (χ1v) is 6.58. The summed E-state index contributed by atoms with van der Waals surface area (Å²) in [5.41, 5.74) is 2.61. The van der Waals surface area contributed by atoms with Gasteiger partial charge in [0.1, 0.15) is 5.75 Å². The highest BCUT2D eigenvalue weighted by atomic mass is 16.5. The smallest absolute Gasteiger partial charge is 0.119 e. The van der Waals surface area contributed by atoms with Crippen molar-refractivity contribution in [3.05, 3.63) is 29.3 Å². The minimum Gasteiger partial charge on any atom is -0.491 e. The molecule has 96 valence electrons. The van der Waals surface area contributed by atoms with Crippen LogP contribution in [-0.4, -0.2) is 19.2 Å². The Balaban J connectivity index is 2.34. The summed E-state index contributed by atoms with van der Waals surface area (Å²) in [5, 5.41) is 3.39. The molecule has 1 N–H and O–H groups in total. The van der Waals surface area contributed by atoms with E-state index in [2.05, 4.69) is 51.2 Å². The third-order valence-corrected chi connectivity index (χ3v) is 2.97. The molecule has 2 nitrogen and oxygen atoms in total. The van der Waals surface area contributed by atoms with Gasteiger partial charge < -0.3 is 10.1 Å². The molecule has 17 heavy (non-hydrogen) atoms. The summed E-state index contributed by atoms with van der Waals surface area (Å²) in [7, 11) is 0. The van der Waals surface area contributed by atoms with E-state index in [0.29, 0.717) is 0 Å². The van der Waals surface area contributed by atoms with Gasteiger partial charge in [-0.1, -0.05) is 13.0 Å². The summed E-state index contributed by atoms with van der Waals surface area (Å²) in [5.74, 6) is 0.982. The third kappa shape index (κ3) is 5.22. The van der Waals surface area contributed by atoms with Crippen LogP contribution in [0.25, 0.3) is 0 Å². The minimum absolute atomic E-state index is 0.265. The number of aryl methyl sites for hydroxylation is 2. The van der Waals surface area contributed by atoms with Crippen molar-refractivity contribution in [2.75, 3.05) is 13.1 Å². The summed E-state index contributed by atoms with van der Waals surface area (Å²) >= 11 is 0. The van der Waals surface area contributed by atoms with Gasteiger partial charge in [0.2, 0.25) is 0 Å². The molecule has 0 amide bonds. The molecule has 0 aliphatic carbocycles. The second-order valence-corrected chi connectivity index (χ2v) is 4.71. The Morgan fingerprint density at radius 2 is 1.94 bits per heavy atom. The average Bonchev–Trinajstić information content (AvgIpc) is 2.30. The van der Waals surface area contributed by atoms with Gasteiger partial charge in [0, 0.05) is 0 Å². The van der Waals surface area contributed by atoms with E-state index in [9.17, 15) is 0 Å². The van der Waals surface area contributed by atoms with Crippen LogP contribution in [0.4, 0.5) is 0 Å². The molecule has 0 spiro atoms. The van der Waals surface area contributed by atoms with E-state index >= 15 is 0 Å². The first kappa shape index (κ1) is 14.0. The zero-order valence-electron chi connectivity index (χ0n) is 11.5. The van der Waals surface area contributed by atoms with Crippen LogP contribution >= 0.6 is 0 Å². The quantitative estimate of drug-likeness (QED) is 0.731. The van der Waals surface area contributed by atoms with Crippen molar-refractivity contribution in [3.63, 3.8) is 0 Å². The van der Waals surface area contributed by atoms with Gasteiger partial charge in [-0.2, -0.15) is 0 Å². The molecule has 0 saturated carbocycles. The van der Waals surface area contributed by atoms with E-state index in [-0.39, 0.29) is 6.10 Å². The fourth-order valence-electron chi connectivity index (χ4n) is 1.69. The van der Waals surface area contributed by atoms with Gasteiger partial charge in [0.15, 0.2) is 0 Å². The maximum atomic E-state index is 5.89. The van der Waals surface area contributed by atoms with Crippen LogP contribution in [0.5, 0.6) is 5.75 Å². The molecule has 0 radical (unpaired) electrons. The van der Waals surface area contributed by atoms with Gasteiger partial charge >= 0.3 is 0 Å². The van der Waals surface area contributed by atoms with Crippen LogP contribution in [0.3, 0.4) is 0 Å². The van der Waals surface area contributed by atoms with Crippen LogP contribution in [0.1, 0.15) is 37.8 Å². The lowest BCUT2D eigenvalue weighted by Crippen LogP contribution is -2.22. The van der Waals surface area contributed by atoms with Gasteiger partial charge in [-0.05, 0) is 70.0 Å². The Morgan fingerprint density at radius 3 is 2.59 bits per heavy atom. The van der Waals surface area contributed by atoms with Crippen molar-refractivity contribution in [1.82, 2.24) is 5.32 Å². The van der Waals surface area contributed by atoms with Gasteiger partial charge in [-0.15, -0.1) is 0 Å². The first-order chi connectivity index (χ1) is 8.13. The molecule has 1 unspecified atom stereocenters. The lowest BCUT2D eigenvalue weighted by atomic mass is 10.1. The normalized spacial score (nSPS) is 12.5. The number of nitrogens with one attached hydrogen (secondary N) is 1. The van der Waals surface area contributed by atoms with Crippen molar-refractivity contribution in [3.8, 4) is 5.75 Å². The largest absolute Gasteiger partial charge is 0.491 e. The predicted molar refractivity (Wildman–Crippen MR) is 73.8 cm³/mol. The molecule has 0 fully saturated rings. The molecule has 1 aromatic rings. The van der Waals surface area contributed by atoms with Gasteiger partial charge in [-0.3, -0.25) is 0 Å². The maximum absolute atomic E-state index is 5.89. The molecule has 0 aliphatic rings. The molecule has 0 aliphatic heterocycles. The summed E-state index contributed by atoms with van der Waals surface area (Å²) < 4.78 is 5.89. The van der Waals surface area contributed by atoms with E-state index in [4.69, 9.17) is 4.74 Å². The molecule has 0 saturated heterocycles. The standard InChI is InChI=1S/C15H25NO/c1-5-9-16-10-8-14(4)17-15-7-6-12(2)13(3)11-15/h6-7,11,14,16H,5,8-10H2,1-4H3. The van der Waals surface area contributed by atoms with Gasteiger partial charge in [0.25, 0.3) is 0 Å². The summed E-state index contributed by atoms with van der Waals surface area (Å²) in [6.45, 7) is 10.7. The number of hydrogen-bond acceptors (Lipinski definition) is 2. The van der Waals surface area contributed by atoms with E-state index in [1.54, 1.807) is 0 Å². The van der Waals surface area contributed by atoms with Crippen LogP contribution in [0.15, 0.2) is 18.2 Å². The predicted octanol–water partition coefficient (Wildman–Crippen LogP) is 3.46. The summed E-state index contributed by atoms with van der Waals surface area (Å²) in [4.78, 5) is 0. The average molecular weight is 235 g/mol. The summed E-state index contributed by atoms with van der Waals surface area (Å²) in [6.07, 6.45) is 2.50. The highest BCUT2D eigenvalue weighted by Crippen LogP contribution is 2.18. The monoisotopic (exact) mass is 235 g/mol. The molecule has 0 aromatic heterocycles. The zero-order valence-corrected chi connectivity index (χ0v) is 11.5.